The maximum Gasteiger partial charge on any atom is 0.341 e. The molecule has 1 amide bonds. The Morgan fingerprint density at radius 3 is 2.42 bits per heavy atom. The van der Waals surface area contributed by atoms with Gasteiger partial charge in [0.1, 0.15) is 9.90 Å². The summed E-state index contributed by atoms with van der Waals surface area (Å²) < 4.78 is 4.09. The molecule has 0 radical (unpaired) electrons. The van der Waals surface area contributed by atoms with E-state index in [-0.39, 0.29) is 29.2 Å². The van der Waals surface area contributed by atoms with E-state index in [0.29, 0.717) is 15.9 Å². The molecule has 10 heteroatoms. The number of anilines is 1. The highest BCUT2D eigenvalue weighted by Crippen LogP contribution is 2.33. The molecule has 36 heavy (non-hydrogen) atoms. The number of carboxylic acids is 1. The molecule has 1 aliphatic carbocycles. The number of carbonyl (C=O) groups excluding carboxylic acids is 1. The second kappa shape index (κ2) is 9.71. The first-order valence-electron chi connectivity index (χ1n) is 12.1. The Hall–Kier alpha value is -3.17. The minimum absolute atomic E-state index is 0.0107. The molecule has 0 aliphatic heterocycles. The molecule has 0 atom stereocenters. The van der Waals surface area contributed by atoms with Crippen molar-refractivity contribution >= 4 is 45.6 Å². The number of thiazole rings is 1. The Labute approximate surface area is 218 Å². The number of benzene rings is 1. The number of carbonyl (C=O) groups is 2. The number of hydrogen-bond donors (Lipinski definition) is 1. The van der Waals surface area contributed by atoms with Crippen LogP contribution in [-0.4, -0.2) is 42.2 Å². The zero-order valence-corrected chi connectivity index (χ0v) is 22.0. The van der Waals surface area contributed by atoms with Gasteiger partial charge in [0, 0.05) is 36.1 Å². The van der Waals surface area contributed by atoms with Crippen molar-refractivity contribution in [2.24, 2.45) is 11.8 Å². The Morgan fingerprint density at radius 1 is 1.11 bits per heavy atom. The third-order valence-corrected chi connectivity index (χ3v) is 7.94. The van der Waals surface area contributed by atoms with Crippen LogP contribution < -0.4 is 4.90 Å². The molecule has 1 N–H and O–H groups in total. The normalized spacial score (nSPS) is 18.1. The van der Waals surface area contributed by atoms with Crippen molar-refractivity contribution in [3.8, 4) is 16.9 Å². The van der Waals surface area contributed by atoms with Gasteiger partial charge in [-0.1, -0.05) is 42.0 Å². The highest BCUT2D eigenvalue weighted by Gasteiger charge is 2.34. The average Bonchev–Trinajstić information content (AvgIpc) is 3.53. The standard InChI is InChI=1S/C26H28ClN5O3S/c1-15(2)32(24(33)18-6-4-16(3)5-7-18)23-20(25(34)35)12-31(29-23)19-10-8-17(9-11-19)21-13-30-14-22(27)36-26(30)28-21/h8-16,18H,4-7H2,1-3H3,(H,34,35). The van der Waals surface area contributed by atoms with Gasteiger partial charge >= 0.3 is 5.97 Å². The second-order valence-electron chi connectivity index (χ2n) is 9.77. The van der Waals surface area contributed by atoms with E-state index in [1.807, 2.05) is 54.9 Å². The van der Waals surface area contributed by atoms with Crippen LogP contribution in [0.1, 0.15) is 56.8 Å². The molecule has 0 bridgehead atoms. The van der Waals surface area contributed by atoms with Crippen molar-refractivity contribution < 1.29 is 14.7 Å². The molecule has 0 saturated heterocycles. The van der Waals surface area contributed by atoms with Crippen molar-refractivity contribution in [1.29, 1.82) is 0 Å². The summed E-state index contributed by atoms with van der Waals surface area (Å²) >= 11 is 7.45. The van der Waals surface area contributed by atoms with Crippen LogP contribution in [0.2, 0.25) is 4.34 Å². The maximum absolute atomic E-state index is 13.5. The van der Waals surface area contributed by atoms with Crippen molar-refractivity contribution in [3.63, 3.8) is 0 Å². The number of halogens is 1. The largest absolute Gasteiger partial charge is 0.477 e. The summed E-state index contributed by atoms with van der Waals surface area (Å²) in [6, 6.07) is 7.34. The van der Waals surface area contributed by atoms with Gasteiger partial charge in [0.25, 0.3) is 0 Å². The maximum atomic E-state index is 13.5. The first-order valence-corrected chi connectivity index (χ1v) is 13.3. The van der Waals surface area contributed by atoms with E-state index in [1.165, 1.54) is 22.2 Å². The summed E-state index contributed by atoms with van der Waals surface area (Å²) in [5.41, 5.74) is 2.44. The van der Waals surface area contributed by atoms with Crippen LogP contribution in [0.3, 0.4) is 0 Å². The predicted octanol–water partition coefficient (Wildman–Crippen LogP) is 6.17. The molecule has 3 aromatic heterocycles. The number of carboxylic acid groups (broad SMARTS) is 1. The molecule has 1 saturated carbocycles. The number of amides is 1. The molecule has 5 rings (SSSR count). The summed E-state index contributed by atoms with van der Waals surface area (Å²) in [6.45, 7) is 6.00. The molecule has 1 fully saturated rings. The van der Waals surface area contributed by atoms with Gasteiger partial charge in [-0.3, -0.25) is 14.1 Å². The predicted molar refractivity (Wildman–Crippen MR) is 141 cm³/mol. The summed E-state index contributed by atoms with van der Waals surface area (Å²) in [7, 11) is 0. The molecule has 0 unspecified atom stereocenters. The third kappa shape index (κ3) is 4.65. The van der Waals surface area contributed by atoms with Crippen LogP contribution in [0, 0.1) is 11.8 Å². The van der Waals surface area contributed by atoms with Crippen molar-refractivity contribution in [3.05, 3.63) is 52.8 Å². The van der Waals surface area contributed by atoms with E-state index in [1.54, 1.807) is 4.90 Å². The fraction of sp³-hybridized carbons (Fsp3) is 0.385. The fourth-order valence-corrected chi connectivity index (χ4v) is 5.83. The zero-order chi connectivity index (χ0) is 25.6. The minimum atomic E-state index is -1.11. The first kappa shape index (κ1) is 24.5. The van der Waals surface area contributed by atoms with Crippen LogP contribution in [-0.2, 0) is 4.79 Å². The van der Waals surface area contributed by atoms with Gasteiger partial charge in [0.05, 0.1) is 11.4 Å². The zero-order valence-electron chi connectivity index (χ0n) is 20.4. The van der Waals surface area contributed by atoms with Crippen LogP contribution in [0.5, 0.6) is 0 Å². The number of imidazole rings is 1. The van der Waals surface area contributed by atoms with Gasteiger partial charge in [-0.05, 0) is 57.6 Å². The van der Waals surface area contributed by atoms with Gasteiger partial charge < -0.3 is 5.11 Å². The number of aromatic carboxylic acids is 1. The number of fused-ring (bicyclic) bond motifs is 1. The van der Waals surface area contributed by atoms with Crippen LogP contribution >= 0.6 is 22.9 Å². The molecule has 1 aliphatic rings. The van der Waals surface area contributed by atoms with E-state index in [2.05, 4.69) is 17.0 Å². The van der Waals surface area contributed by atoms with Crippen LogP contribution in [0.15, 0.2) is 42.9 Å². The molecule has 1 aromatic carbocycles. The molecule has 8 nitrogen and oxygen atoms in total. The summed E-state index contributed by atoms with van der Waals surface area (Å²) in [5, 5.41) is 14.5. The summed E-state index contributed by atoms with van der Waals surface area (Å²) in [5.74, 6) is -0.444. The minimum Gasteiger partial charge on any atom is -0.477 e. The van der Waals surface area contributed by atoms with E-state index in [0.717, 1.165) is 41.9 Å². The van der Waals surface area contributed by atoms with E-state index >= 15 is 0 Å². The number of nitrogens with zero attached hydrogens (tertiary/aromatic N) is 5. The third-order valence-electron chi connectivity index (χ3n) is 6.83. The lowest BCUT2D eigenvalue weighted by Crippen LogP contribution is -2.43. The Kier molecular flexibility index (Phi) is 6.61. The van der Waals surface area contributed by atoms with Gasteiger partial charge in [-0.25, -0.2) is 14.5 Å². The van der Waals surface area contributed by atoms with E-state index in [9.17, 15) is 14.7 Å². The SMILES string of the molecule is CC1CCC(C(=O)N(c2nn(-c3ccc(-c4cn5cc(Cl)sc5n4)cc3)cc2C(=O)O)C(C)C)CC1. The lowest BCUT2D eigenvalue weighted by atomic mass is 9.82. The first-order chi connectivity index (χ1) is 17.2. The molecular weight excluding hydrogens is 498 g/mol. The van der Waals surface area contributed by atoms with Gasteiger partial charge in [-0.2, -0.15) is 0 Å². The number of aromatic nitrogens is 4. The number of hydrogen-bond acceptors (Lipinski definition) is 5. The second-order valence-corrected chi connectivity index (χ2v) is 11.4. The van der Waals surface area contributed by atoms with Crippen molar-refractivity contribution in [1.82, 2.24) is 19.2 Å². The Morgan fingerprint density at radius 2 is 1.81 bits per heavy atom. The highest BCUT2D eigenvalue weighted by atomic mass is 35.5. The van der Waals surface area contributed by atoms with Gasteiger partial charge in [0.2, 0.25) is 5.91 Å². The lowest BCUT2D eigenvalue weighted by Gasteiger charge is -2.32. The lowest BCUT2D eigenvalue weighted by molar-refractivity contribution is -0.123. The van der Waals surface area contributed by atoms with Gasteiger partial charge in [-0.15, -0.1) is 5.10 Å². The van der Waals surface area contributed by atoms with E-state index < -0.39 is 5.97 Å². The summed E-state index contributed by atoms with van der Waals surface area (Å²) in [4.78, 5) is 32.6. The van der Waals surface area contributed by atoms with Crippen molar-refractivity contribution in [2.45, 2.75) is 52.5 Å². The van der Waals surface area contributed by atoms with Crippen molar-refractivity contribution in [2.75, 3.05) is 4.90 Å². The molecule has 188 valence electrons. The molecule has 0 spiro atoms. The average molecular weight is 526 g/mol. The molecule has 3 heterocycles. The Bertz CT molecular complexity index is 1380. The highest BCUT2D eigenvalue weighted by molar-refractivity contribution is 7.20. The number of rotatable bonds is 6. The fourth-order valence-electron chi connectivity index (χ4n) is 4.82. The smallest absolute Gasteiger partial charge is 0.341 e. The van der Waals surface area contributed by atoms with E-state index in [4.69, 9.17) is 11.6 Å². The quantitative estimate of drug-likeness (QED) is 0.325. The van der Waals surface area contributed by atoms with Gasteiger partial charge in [0.15, 0.2) is 10.8 Å². The Balaban J connectivity index is 1.45. The topological polar surface area (TPSA) is 92.7 Å². The molecule has 4 aromatic rings. The van der Waals surface area contributed by atoms with Crippen LogP contribution in [0.25, 0.3) is 21.9 Å². The molecular formula is C26H28ClN5O3S. The van der Waals surface area contributed by atoms with Crippen LogP contribution in [0.4, 0.5) is 5.82 Å². The monoisotopic (exact) mass is 525 g/mol. The summed E-state index contributed by atoms with van der Waals surface area (Å²) in [6.07, 6.45) is 8.89.